The third kappa shape index (κ3) is 30.9. The number of aliphatic hydroxyl groups is 9. The third-order valence-electron chi connectivity index (χ3n) is 20.5. The Morgan fingerprint density at radius 1 is 0.415 bits per heavy atom. The van der Waals surface area contributed by atoms with Crippen LogP contribution in [0.3, 0.4) is 0 Å². The van der Waals surface area contributed by atoms with Crippen LogP contribution in [0.15, 0.2) is 64.5 Å². The van der Waals surface area contributed by atoms with Crippen LogP contribution in [0.5, 0.6) is 0 Å². The maximum absolute atomic E-state index is 12.3. The van der Waals surface area contributed by atoms with Crippen LogP contribution in [0.1, 0.15) is 105 Å². The Bertz CT molecular complexity index is 5170. The minimum absolute atomic E-state index is 0.0417. The molecule has 0 bridgehead atoms. The summed E-state index contributed by atoms with van der Waals surface area (Å²) in [5.74, 6) is -0.363. The Balaban J connectivity index is 0.000000238. The molecule has 693 valence electrons. The van der Waals surface area contributed by atoms with Gasteiger partial charge in [0.1, 0.15) is 60.4 Å². The molecule has 10 heterocycles. The number of aromatic amines is 4. The van der Waals surface area contributed by atoms with E-state index in [4.69, 9.17) is 52.9 Å². The normalized spacial score (nSPS) is 27.1. The second kappa shape index (κ2) is 46.1. The van der Waals surface area contributed by atoms with Crippen molar-refractivity contribution in [2.24, 2.45) is 0 Å². The molecule has 1 radical (unpaired) electrons. The topological polar surface area (TPSA) is 528 Å². The third-order valence-corrected chi connectivity index (χ3v) is 29.1. The van der Waals surface area contributed by atoms with Crippen LogP contribution in [0.25, 0.3) is 0 Å². The van der Waals surface area contributed by atoms with E-state index in [1.807, 2.05) is 0 Å². The number of carbonyl (C=O) groups excluding carboxylic acids is 2. The average Bonchev–Trinajstić information content (AvgIpc) is 1.69. The number of aliphatic hydroxyl groups excluding tert-OH is 9. The van der Waals surface area contributed by atoms with Crippen LogP contribution in [-0.2, 0) is 70.5 Å². The summed E-state index contributed by atoms with van der Waals surface area (Å²) in [7, 11) is 6.58. The zero-order valence-corrected chi connectivity index (χ0v) is 80.7. The quantitative estimate of drug-likeness (QED) is 0.0138. The molecule has 45 heteroatoms. The first-order valence-corrected chi connectivity index (χ1v) is 56.8. The van der Waals surface area contributed by atoms with Gasteiger partial charge in [0.25, 0.3) is 22.2 Å². The van der Waals surface area contributed by atoms with Crippen LogP contribution < -0.4 is 59.8 Å². The van der Waals surface area contributed by atoms with Gasteiger partial charge in [-0.1, -0.05) is 0 Å². The molecule has 5 aromatic rings. The van der Waals surface area contributed by atoms with Crippen LogP contribution in [0.4, 0.5) is 0 Å². The summed E-state index contributed by atoms with van der Waals surface area (Å²) in [6.07, 6.45) is 17.6. The molecule has 0 aromatic carbocycles. The Hall–Kier alpha value is -4.92. The molecule has 5 aliphatic rings. The summed E-state index contributed by atoms with van der Waals surface area (Å²) in [4.78, 5) is 120. The number of carbonyl (C=O) groups is 2. The molecule has 5 aromatic heterocycles. The van der Waals surface area contributed by atoms with Crippen molar-refractivity contribution in [3.63, 3.8) is 0 Å². The van der Waals surface area contributed by atoms with Gasteiger partial charge in [0.2, 0.25) is 0 Å². The van der Waals surface area contributed by atoms with Crippen molar-refractivity contribution in [1.82, 2.24) is 63.7 Å². The van der Waals surface area contributed by atoms with Crippen LogP contribution in [0.2, 0.25) is 0 Å². The van der Waals surface area contributed by atoms with Gasteiger partial charge in [-0.15, -0.1) is 52.7 Å². The van der Waals surface area contributed by atoms with E-state index in [9.17, 15) is 89.1 Å². The molecule has 10 rings (SSSR count). The second-order valence-corrected chi connectivity index (χ2v) is 58.2. The predicted molar refractivity (Wildman–Crippen MR) is 497 cm³/mol. The summed E-state index contributed by atoms with van der Waals surface area (Å²) < 4.78 is 41.9. The number of ether oxygens (including phenoxy) is 6. The van der Waals surface area contributed by atoms with Gasteiger partial charge in [-0.05, 0) is 156 Å². The number of hydrogen-bond donors (Lipinski definition) is 16. The number of H-pyrrole nitrogens is 4. The van der Waals surface area contributed by atoms with Crippen molar-refractivity contribution < 1.29 is 84.0 Å². The van der Waals surface area contributed by atoms with E-state index >= 15 is 0 Å². The average molecular weight is 1930 g/mol. The number of Topliss-reactive ketones (excluding diaryl/α,β-unsaturated/α-hetero) is 2. The molecule has 123 heavy (non-hydrogen) atoms. The number of aromatic nitrogens is 10. The molecule has 5 saturated heterocycles. The van der Waals surface area contributed by atoms with E-state index in [1.54, 1.807) is 38.1 Å². The molecule has 0 aliphatic carbocycles. The molecule has 5 fully saturated rings. The summed E-state index contributed by atoms with van der Waals surface area (Å²) in [6.45, 7) is 18.4. The SMILES string of the molecule is C=P(C)(C)CC[C@H]1O[C@@H](n2cc(CC(C)=O)c(=O)[nH]c2=O)[C@H](OC)[C@@H]1O.C=P(C)(C)CC[C@H]1O[C@@H](n2cc(CC(C)=O)c(=O)[nH]c2=S)[C@H](O)[C@@H]1O.C=P(C)(C)CC[C@H]1O[C@@H](n2cc(CNC)c(=O)[nH]c2=O)[C@H](O)[C@@H]1O.C=P(C)(C)CC[C@H]1O[C@@H](n2cc(CNC)c(=O)[nH]c2=S)[C@H](O)[C@@H]1O.C=P(C)(C)CC[C@H]1O[C@@H](n2cc(CNC)c(=O)nc2[Se])[C@H](O)[C@@H]1O. The molecule has 20 atom stereocenters. The Morgan fingerprint density at radius 2 is 0.667 bits per heavy atom. The van der Waals surface area contributed by atoms with Gasteiger partial charge < -0.3 is 70.1 Å². The first-order valence-electron chi connectivity index (χ1n) is 39.8. The van der Waals surface area contributed by atoms with Crippen molar-refractivity contribution in [2.45, 2.75) is 201 Å². The number of methoxy groups -OCH3 is 1. The van der Waals surface area contributed by atoms with E-state index in [2.05, 4.69) is 155 Å². The Morgan fingerprint density at radius 3 is 0.992 bits per heavy atom. The molecule has 0 amide bonds. The van der Waals surface area contributed by atoms with Gasteiger partial charge in [-0.25, -0.2) is 9.59 Å². The first kappa shape index (κ1) is 107. The molecule has 0 unspecified atom stereocenters. The maximum atomic E-state index is 12.3. The fraction of sp³-hybridized carbons (Fsp3) is 0.654. The number of ketones is 2. The van der Waals surface area contributed by atoms with Crippen LogP contribution in [-0.4, -0.2) is 370 Å². The van der Waals surface area contributed by atoms with E-state index in [0.717, 1.165) is 35.4 Å². The summed E-state index contributed by atoms with van der Waals surface area (Å²) in [5, 5.41) is 102. The number of nitrogens with zero attached hydrogens (tertiary/aromatic N) is 6. The second-order valence-electron chi connectivity index (χ2n) is 35.1. The predicted octanol–water partition coefficient (Wildman–Crippen LogP) is -1.41. The van der Waals surface area contributed by atoms with Gasteiger partial charge >= 0.3 is 161 Å². The van der Waals surface area contributed by atoms with Crippen molar-refractivity contribution in [2.75, 3.05) is 126 Å². The number of rotatable bonds is 31. The van der Waals surface area contributed by atoms with Crippen molar-refractivity contribution >= 4 is 123 Å². The zero-order chi connectivity index (χ0) is 92.8. The molecule has 16 N–H and O–H groups in total. The van der Waals surface area contributed by atoms with Crippen LogP contribution in [0, 0.1) is 9.54 Å². The van der Waals surface area contributed by atoms with Gasteiger partial charge in [0.15, 0.2) is 34.5 Å². The zero-order valence-electron chi connectivity index (χ0n) is 72.9. The molecule has 37 nitrogen and oxygen atoms in total. The molecule has 5 aliphatic heterocycles. The monoisotopic (exact) mass is 1930 g/mol. The molecule has 0 spiro atoms. The summed E-state index contributed by atoms with van der Waals surface area (Å²) in [6, 6.07) is 0. The number of nitrogens with one attached hydrogen (secondary N) is 7. The minimum atomic E-state index is -1.29. The summed E-state index contributed by atoms with van der Waals surface area (Å²) >= 11 is 13.1. The standard InChI is InChI=1S/C17H27N2O6P.C16H25N2O5PS.C15H26N3O5P.C15H26N3O4PS.C15H25N3O4PSe/c1-10(20)8-11-9-19(17(23)18-15(11)22)16-14(24-2)13(21)12(25-16)6-7-26(3,4)5;1-9(19)7-10-8-18(16(25)17-14(10)22)15-13(21)12(20)11(23-15)5-6-24(2,3)4;1-16-7-9-8-18(15(22)17-13(9)21)14-12(20)11(19)10(23-14)5-6-24(2,3)4;2*1-16-7-9-8-18(15(24)17-13(9)21)14-12(20)11(19)10(22-14)5-6-23(2,3)4/h9,12-14,16,21H,3,6-8H2,1-2,4-5H3,(H,18,22,23);8,11-13,15,20-21H,2,5-7H2,1,3-4H3,(H,17,22,25);8,10-12,14,16,19-20H,2,5-7H2,1,3-4H3,(H,17,21,22);8,10-12,14,16,19-20H,2,5-7H2,1,3-4H3,(H,17,21,24);8,10-12,14,16,19-20H,2,5-7H2,1,3-4H3/t12-,13-,14-,16-;11-,12-,13-,15-;3*10-,11-,12-,14-/m11111/s1. The molecule has 0 saturated carbocycles. The fourth-order valence-corrected chi connectivity index (χ4v) is 19.7. The van der Waals surface area contributed by atoms with Gasteiger partial charge in [-0.2, -0.15) is 0 Å². The van der Waals surface area contributed by atoms with E-state index in [-0.39, 0.29) is 62.7 Å². The van der Waals surface area contributed by atoms with Crippen molar-refractivity contribution in [3.05, 3.63) is 141 Å². The Labute approximate surface area is 733 Å². The Kier molecular flexibility index (Phi) is 40.0. The van der Waals surface area contributed by atoms with Crippen LogP contribution >= 0.6 is 58.9 Å². The van der Waals surface area contributed by atoms with Crippen molar-refractivity contribution in [1.29, 1.82) is 0 Å². The van der Waals surface area contributed by atoms with Crippen molar-refractivity contribution in [3.8, 4) is 0 Å². The van der Waals surface area contributed by atoms with Gasteiger partial charge in [0.05, 0.1) is 24.4 Å². The molecular formula is C78H129N13O24P5S2Se. The van der Waals surface area contributed by atoms with E-state index in [0.29, 0.717) is 66.6 Å². The van der Waals surface area contributed by atoms with E-state index < -0.39 is 185 Å². The van der Waals surface area contributed by atoms with Gasteiger partial charge in [-0.3, -0.25) is 67.0 Å². The summed E-state index contributed by atoms with van der Waals surface area (Å²) in [5.41, 5.74) is -1.80. The van der Waals surface area contributed by atoms with E-state index in [1.165, 1.54) is 53.2 Å². The first-order chi connectivity index (χ1) is 56.9. The molecular weight excluding hydrogens is 1800 g/mol. The fourth-order valence-electron chi connectivity index (χ4n) is 13.9. The van der Waals surface area contributed by atoms with Gasteiger partial charge in [0, 0.05) is 80.1 Å². The number of hydrogen-bond acceptors (Lipinski definition) is 30.